The molecule has 2 aliphatic rings. The number of rotatable bonds is 9. The van der Waals surface area contributed by atoms with E-state index in [0.29, 0.717) is 41.5 Å². The Labute approximate surface area is 339 Å². The lowest BCUT2D eigenvalue weighted by molar-refractivity contribution is -0.841. The monoisotopic (exact) mass is 827 g/mol. The van der Waals surface area contributed by atoms with Gasteiger partial charge in [-0.25, -0.2) is 0 Å². The number of benzene rings is 4. The van der Waals surface area contributed by atoms with Gasteiger partial charge in [-0.05, 0) is 68.0 Å². The summed E-state index contributed by atoms with van der Waals surface area (Å²) in [6, 6.07) is 22.3. The van der Waals surface area contributed by atoms with E-state index in [1.54, 1.807) is 12.1 Å². The molecule has 0 spiro atoms. The summed E-state index contributed by atoms with van der Waals surface area (Å²) in [6.45, 7) is 8.89. The van der Waals surface area contributed by atoms with Gasteiger partial charge in [-0.1, -0.05) is 138 Å². The fraction of sp³-hybridized carbons (Fsp3) is 0.220. The topological polar surface area (TPSA) is 65.9 Å². The molecule has 0 radical (unpaired) electrons. The number of hydrogen-bond donors (Lipinski definition) is 3. The van der Waals surface area contributed by atoms with Crippen LogP contribution in [0.4, 0.5) is 22.7 Å². The van der Waals surface area contributed by atoms with Gasteiger partial charge >= 0.3 is 0 Å². The smallest absolute Gasteiger partial charge is 0.280 e. The molecule has 2 amide bonds. The van der Waals surface area contributed by atoms with Gasteiger partial charge in [0.1, 0.15) is 18.3 Å². The number of anilines is 3. The molecule has 6 rings (SSSR count). The minimum Gasteiger partial charge on any atom is -0.335 e. The number of amides is 2. The second-order valence-electron chi connectivity index (χ2n) is 14.1. The quantitative estimate of drug-likeness (QED) is 0.116. The molecule has 0 saturated heterocycles. The number of carbonyl (C=O) groups is 2. The molecule has 2 heterocycles. The van der Waals surface area contributed by atoms with Crippen molar-refractivity contribution in [1.82, 2.24) is 0 Å². The van der Waals surface area contributed by atoms with Crippen molar-refractivity contribution in [3.8, 4) is 0 Å². The summed E-state index contributed by atoms with van der Waals surface area (Å²) in [5.41, 5.74) is 5.40. The van der Waals surface area contributed by atoms with Crippen LogP contribution < -0.4 is 20.4 Å². The zero-order valence-electron chi connectivity index (χ0n) is 29.3. The molecule has 0 aromatic heterocycles. The molecule has 2 unspecified atom stereocenters. The van der Waals surface area contributed by atoms with E-state index in [4.69, 9.17) is 69.6 Å². The first kappa shape index (κ1) is 39.2. The van der Waals surface area contributed by atoms with Gasteiger partial charge in [-0.2, -0.15) is 0 Å². The van der Waals surface area contributed by atoms with E-state index in [9.17, 15) is 9.59 Å². The van der Waals surface area contributed by atoms with Gasteiger partial charge in [0.25, 0.3) is 5.91 Å². The van der Waals surface area contributed by atoms with Crippen LogP contribution in [0.25, 0.3) is 0 Å². The van der Waals surface area contributed by atoms with Crippen molar-refractivity contribution in [3.05, 3.63) is 150 Å². The minimum atomic E-state index is -0.382. The number of hydrogen-bond acceptors (Lipinski definition) is 3. The number of fused-ring (bicyclic) bond motifs is 2. The molecule has 4 aromatic rings. The van der Waals surface area contributed by atoms with E-state index in [1.165, 1.54) is 17.7 Å². The lowest BCUT2D eigenvalue weighted by Crippen LogP contribution is -3.11. The van der Waals surface area contributed by atoms with E-state index < -0.39 is 0 Å². The molecule has 0 aliphatic carbocycles. The average Bonchev–Trinajstić information content (AvgIpc) is 3.44. The summed E-state index contributed by atoms with van der Waals surface area (Å²) in [4.78, 5) is 29.9. The Morgan fingerprint density at radius 2 is 1.25 bits per heavy atom. The fourth-order valence-corrected chi connectivity index (χ4v) is 8.48. The van der Waals surface area contributed by atoms with Crippen molar-refractivity contribution in [3.63, 3.8) is 0 Å². The SMILES string of the molecule is CC1(C)\C(=C/C=C/C=C/C2[NH+](CC(=O)Nc3cc(Cl)c(Cl)cc3Cl)c3ccccc3C2(C)C)N(CC(=O)Nc2cc(Cl)c(Cl)cc2Cl)c2ccccc21. The standard InChI is InChI=1S/C41H36Cl6N4O2/c1-40(2)24-12-8-10-14-34(24)50(22-38(52)48-32-20-28(44)26(42)18-30(32)46)36(40)16-6-5-7-17-37-41(3,4)25-13-9-11-15-35(25)51(37)23-39(53)49-33-21-29(45)27(43)19-31(33)47/h5-21,36H,22-23H2,1-4H3,(H,48,52)(H,49,53)/p+1/b7-5+,16-6+,37-17+. The van der Waals surface area contributed by atoms with E-state index in [-0.39, 0.29) is 41.8 Å². The number of carbonyl (C=O) groups excluding carboxylic acids is 2. The normalized spacial score (nSPS) is 19.2. The van der Waals surface area contributed by atoms with Crippen LogP contribution in [0.5, 0.6) is 0 Å². The number of nitrogens with one attached hydrogen (secondary N) is 3. The second kappa shape index (κ2) is 15.7. The lowest BCUT2D eigenvalue weighted by Gasteiger charge is -2.27. The van der Waals surface area contributed by atoms with Crippen molar-refractivity contribution >= 4 is 104 Å². The van der Waals surface area contributed by atoms with E-state index in [0.717, 1.165) is 27.5 Å². The number of halogens is 6. The molecule has 4 aromatic carbocycles. The number of para-hydroxylation sites is 2. The van der Waals surface area contributed by atoms with Crippen LogP contribution in [0.3, 0.4) is 0 Å². The molecular weight excluding hydrogens is 793 g/mol. The number of nitrogens with zero attached hydrogens (tertiary/aromatic N) is 1. The van der Waals surface area contributed by atoms with Crippen LogP contribution in [0.2, 0.25) is 30.1 Å². The number of allylic oxidation sites excluding steroid dienone is 5. The van der Waals surface area contributed by atoms with Crippen LogP contribution in [-0.2, 0) is 20.4 Å². The predicted molar refractivity (Wildman–Crippen MR) is 222 cm³/mol. The first-order chi connectivity index (χ1) is 25.1. The molecular formula is C41H37Cl6N4O2+. The zero-order valence-corrected chi connectivity index (χ0v) is 33.9. The van der Waals surface area contributed by atoms with Crippen molar-refractivity contribution in [2.45, 2.75) is 44.6 Å². The minimum absolute atomic E-state index is 0.0505. The second-order valence-corrected chi connectivity index (χ2v) is 16.5. The largest absolute Gasteiger partial charge is 0.335 e. The molecule has 274 valence electrons. The van der Waals surface area contributed by atoms with Crippen LogP contribution in [0.15, 0.2) is 109 Å². The van der Waals surface area contributed by atoms with E-state index in [2.05, 4.69) is 62.6 Å². The fourth-order valence-electron chi connectivity index (χ4n) is 7.29. The summed E-state index contributed by atoms with van der Waals surface area (Å²) in [5.74, 6) is -0.468. The van der Waals surface area contributed by atoms with Gasteiger partial charge in [0.2, 0.25) is 5.91 Å². The van der Waals surface area contributed by atoms with Crippen LogP contribution in [-0.4, -0.2) is 30.9 Å². The highest BCUT2D eigenvalue weighted by Crippen LogP contribution is 2.47. The Bertz CT molecular complexity index is 2200. The Morgan fingerprint density at radius 1 is 0.698 bits per heavy atom. The summed E-state index contributed by atoms with van der Waals surface area (Å²) in [7, 11) is 0. The first-order valence-corrected chi connectivity index (χ1v) is 19.1. The maximum Gasteiger partial charge on any atom is 0.280 e. The molecule has 12 heteroatoms. The van der Waals surface area contributed by atoms with Gasteiger partial charge < -0.3 is 15.5 Å². The van der Waals surface area contributed by atoms with Gasteiger partial charge in [-0.3, -0.25) is 14.5 Å². The van der Waals surface area contributed by atoms with Gasteiger partial charge in [0, 0.05) is 22.4 Å². The molecule has 0 fully saturated rings. The van der Waals surface area contributed by atoms with Crippen molar-refractivity contribution in [2.24, 2.45) is 0 Å². The molecule has 0 bridgehead atoms. The van der Waals surface area contributed by atoms with Gasteiger partial charge in [0.15, 0.2) is 6.54 Å². The summed E-state index contributed by atoms with van der Waals surface area (Å²) >= 11 is 37.3. The third-order valence-corrected chi connectivity index (χ3v) is 12.0. The molecule has 2 aliphatic heterocycles. The Hall–Kier alpha value is -3.46. The highest BCUT2D eigenvalue weighted by atomic mass is 35.5. The Morgan fingerprint density at radius 3 is 1.89 bits per heavy atom. The molecule has 53 heavy (non-hydrogen) atoms. The van der Waals surface area contributed by atoms with Crippen molar-refractivity contribution in [1.29, 1.82) is 0 Å². The molecule has 6 nitrogen and oxygen atoms in total. The third kappa shape index (κ3) is 8.01. The predicted octanol–water partition coefficient (Wildman–Crippen LogP) is 10.9. The van der Waals surface area contributed by atoms with Crippen molar-refractivity contribution < 1.29 is 14.5 Å². The third-order valence-electron chi connectivity index (χ3n) is 9.92. The number of quaternary nitrogens is 1. The lowest BCUT2D eigenvalue weighted by atomic mass is 9.80. The van der Waals surface area contributed by atoms with E-state index in [1.807, 2.05) is 59.5 Å². The maximum atomic E-state index is 13.5. The van der Waals surface area contributed by atoms with Crippen LogP contribution in [0.1, 0.15) is 38.8 Å². The maximum absolute atomic E-state index is 13.5. The molecule has 2 atom stereocenters. The van der Waals surface area contributed by atoms with Crippen molar-refractivity contribution in [2.75, 3.05) is 28.6 Å². The van der Waals surface area contributed by atoms with Crippen LogP contribution in [0, 0.1) is 0 Å². The first-order valence-electron chi connectivity index (χ1n) is 16.9. The van der Waals surface area contributed by atoms with Gasteiger partial charge in [0.05, 0.1) is 46.9 Å². The molecule has 3 N–H and O–H groups in total. The molecule has 0 saturated carbocycles. The summed E-state index contributed by atoms with van der Waals surface area (Å²) < 4.78 is 0. The highest BCUT2D eigenvalue weighted by molar-refractivity contribution is 6.45. The Balaban J connectivity index is 1.23. The summed E-state index contributed by atoms with van der Waals surface area (Å²) in [5, 5.41) is 7.63. The Kier molecular flexibility index (Phi) is 11.6. The average molecular weight is 830 g/mol. The van der Waals surface area contributed by atoms with Gasteiger partial charge in [-0.15, -0.1) is 0 Å². The highest BCUT2D eigenvalue weighted by Gasteiger charge is 2.48. The van der Waals surface area contributed by atoms with Crippen LogP contribution >= 0.6 is 69.6 Å². The van der Waals surface area contributed by atoms with E-state index >= 15 is 0 Å². The summed E-state index contributed by atoms with van der Waals surface area (Å²) in [6.07, 6.45) is 10.2. The zero-order chi connectivity index (χ0) is 38.2.